The highest BCUT2D eigenvalue weighted by Gasteiger charge is 2.34. The lowest BCUT2D eigenvalue weighted by Crippen LogP contribution is -2.30. The highest BCUT2D eigenvalue weighted by Crippen LogP contribution is 2.34. The molecule has 0 spiro atoms. The molecule has 1 atom stereocenters. The Balaban J connectivity index is 1.98. The van der Waals surface area contributed by atoms with E-state index in [0.29, 0.717) is 17.7 Å². The first kappa shape index (κ1) is 14.1. The van der Waals surface area contributed by atoms with E-state index < -0.39 is 12.0 Å². The number of carbonyl (C=O) groups is 2. The van der Waals surface area contributed by atoms with Crippen molar-refractivity contribution in [2.75, 3.05) is 0 Å². The van der Waals surface area contributed by atoms with Crippen molar-refractivity contribution < 1.29 is 19.8 Å². The molecule has 5 nitrogen and oxygen atoms in total. The molecule has 22 heavy (non-hydrogen) atoms. The number of benzene rings is 2. The zero-order chi connectivity index (χ0) is 15.7. The lowest BCUT2D eigenvalue weighted by molar-refractivity contribution is -0.138. The Labute approximate surface area is 127 Å². The Bertz CT molecular complexity index is 741. The topological polar surface area (TPSA) is 77.8 Å². The zero-order valence-corrected chi connectivity index (χ0v) is 11.8. The largest absolute Gasteiger partial charge is 0.508 e. The SMILES string of the molecule is O=C(O)C[C@@H](c1cccc(O)c1)N1Cc2ccccc2C1=O. The van der Waals surface area contributed by atoms with Gasteiger partial charge in [-0.3, -0.25) is 9.59 Å². The predicted molar refractivity (Wildman–Crippen MR) is 79.4 cm³/mol. The summed E-state index contributed by atoms with van der Waals surface area (Å²) < 4.78 is 0. The molecule has 2 N–H and O–H groups in total. The maximum absolute atomic E-state index is 12.5. The highest BCUT2D eigenvalue weighted by atomic mass is 16.4. The van der Waals surface area contributed by atoms with Crippen molar-refractivity contribution in [3.63, 3.8) is 0 Å². The van der Waals surface area contributed by atoms with Crippen molar-refractivity contribution in [1.82, 2.24) is 4.90 Å². The Morgan fingerprint density at radius 3 is 2.64 bits per heavy atom. The number of hydrogen-bond acceptors (Lipinski definition) is 3. The summed E-state index contributed by atoms with van der Waals surface area (Å²) in [6.45, 7) is 0.378. The van der Waals surface area contributed by atoms with Gasteiger partial charge in [-0.25, -0.2) is 0 Å². The summed E-state index contributed by atoms with van der Waals surface area (Å²) in [5.41, 5.74) is 2.12. The van der Waals surface area contributed by atoms with Gasteiger partial charge in [0.25, 0.3) is 5.91 Å². The third kappa shape index (κ3) is 2.53. The summed E-state index contributed by atoms with van der Waals surface area (Å²) in [5, 5.41) is 18.8. The van der Waals surface area contributed by atoms with Crippen LogP contribution in [0.4, 0.5) is 0 Å². The molecule has 1 aliphatic heterocycles. The van der Waals surface area contributed by atoms with Crippen LogP contribution in [0.2, 0.25) is 0 Å². The molecule has 0 aromatic heterocycles. The van der Waals surface area contributed by atoms with Gasteiger partial charge in [0.05, 0.1) is 12.5 Å². The van der Waals surface area contributed by atoms with Crippen LogP contribution in [0.25, 0.3) is 0 Å². The fourth-order valence-electron chi connectivity index (χ4n) is 2.83. The molecule has 2 aromatic rings. The quantitative estimate of drug-likeness (QED) is 0.909. The number of rotatable bonds is 4. The summed E-state index contributed by atoms with van der Waals surface area (Å²) >= 11 is 0. The molecule has 1 aliphatic rings. The number of aromatic hydroxyl groups is 1. The van der Waals surface area contributed by atoms with E-state index in [1.807, 2.05) is 12.1 Å². The van der Waals surface area contributed by atoms with Crippen LogP contribution in [0.15, 0.2) is 48.5 Å². The Kier molecular flexibility index (Phi) is 3.55. The van der Waals surface area contributed by atoms with Gasteiger partial charge in [0.15, 0.2) is 0 Å². The van der Waals surface area contributed by atoms with Crippen LogP contribution in [0.1, 0.15) is 33.9 Å². The molecule has 0 saturated carbocycles. The molecule has 0 saturated heterocycles. The van der Waals surface area contributed by atoms with Gasteiger partial charge in [0.1, 0.15) is 5.75 Å². The molecule has 1 heterocycles. The number of nitrogens with zero attached hydrogens (tertiary/aromatic N) is 1. The average molecular weight is 297 g/mol. The van der Waals surface area contributed by atoms with Crippen LogP contribution < -0.4 is 0 Å². The van der Waals surface area contributed by atoms with E-state index in [1.165, 1.54) is 12.1 Å². The van der Waals surface area contributed by atoms with Crippen molar-refractivity contribution in [3.8, 4) is 5.75 Å². The van der Waals surface area contributed by atoms with Crippen molar-refractivity contribution in [2.24, 2.45) is 0 Å². The predicted octanol–water partition coefficient (Wildman–Crippen LogP) is 2.56. The first-order valence-electron chi connectivity index (χ1n) is 6.96. The molecule has 2 aromatic carbocycles. The second-order valence-corrected chi connectivity index (χ2v) is 5.30. The maximum atomic E-state index is 12.5. The highest BCUT2D eigenvalue weighted by molar-refractivity contribution is 5.98. The van der Waals surface area contributed by atoms with Gasteiger partial charge >= 0.3 is 5.97 Å². The van der Waals surface area contributed by atoms with Crippen molar-refractivity contribution in [1.29, 1.82) is 0 Å². The third-order valence-corrected chi connectivity index (χ3v) is 3.85. The van der Waals surface area contributed by atoms with E-state index in [4.69, 9.17) is 0 Å². The number of hydrogen-bond donors (Lipinski definition) is 2. The molecule has 0 aliphatic carbocycles. The number of phenolic OH excluding ortho intramolecular Hbond substituents is 1. The Hall–Kier alpha value is -2.82. The van der Waals surface area contributed by atoms with Crippen LogP contribution in [0.5, 0.6) is 5.75 Å². The molecule has 0 radical (unpaired) electrons. The smallest absolute Gasteiger partial charge is 0.305 e. The standard InChI is InChI=1S/C17H15NO4/c19-13-6-3-5-11(8-13)15(9-16(20)21)18-10-12-4-1-2-7-14(12)17(18)22/h1-8,15,19H,9-10H2,(H,20,21)/t15-/m0/s1. The van der Waals surface area contributed by atoms with Crippen LogP contribution in [0.3, 0.4) is 0 Å². The van der Waals surface area contributed by atoms with E-state index in [0.717, 1.165) is 5.56 Å². The third-order valence-electron chi connectivity index (χ3n) is 3.85. The number of amides is 1. The van der Waals surface area contributed by atoms with Crippen molar-refractivity contribution in [2.45, 2.75) is 19.0 Å². The molecule has 0 fully saturated rings. The summed E-state index contributed by atoms with van der Waals surface area (Å²) in [6, 6.07) is 13.1. The van der Waals surface area contributed by atoms with Crippen LogP contribution >= 0.6 is 0 Å². The van der Waals surface area contributed by atoms with E-state index in [9.17, 15) is 19.8 Å². The van der Waals surface area contributed by atoms with Gasteiger partial charge in [-0.15, -0.1) is 0 Å². The molecular formula is C17H15NO4. The summed E-state index contributed by atoms with van der Waals surface area (Å²) in [6.07, 6.45) is -0.205. The summed E-state index contributed by atoms with van der Waals surface area (Å²) in [5.74, 6) is -1.11. The maximum Gasteiger partial charge on any atom is 0.305 e. The van der Waals surface area contributed by atoms with Crippen LogP contribution in [-0.2, 0) is 11.3 Å². The Morgan fingerprint density at radius 2 is 1.95 bits per heavy atom. The second-order valence-electron chi connectivity index (χ2n) is 5.30. The molecule has 1 amide bonds. The normalized spacial score (nSPS) is 14.7. The van der Waals surface area contributed by atoms with Gasteiger partial charge in [0, 0.05) is 12.1 Å². The number of phenols is 1. The minimum atomic E-state index is -0.989. The van der Waals surface area contributed by atoms with E-state index in [-0.39, 0.29) is 18.1 Å². The van der Waals surface area contributed by atoms with Gasteiger partial charge < -0.3 is 15.1 Å². The van der Waals surface area contributed by atoms with Crippen molar-refractivity contribution >= 4 is 11.9 Å². The molecule has 3 rings (SSSR count). The Morgan fingerprint density at radius 1 is 1.18 bits per heavy atom. The van der Waals surface area contributed by atoms with Gasteiger partial charge in [-0.2, -0.15) is 0 Å². The average Bonchev–Trinajstić information content (AvgIpc) is 2.82. The van der Waals surface area contributed by atoms with Gasteiger partial charge in [-0.05, 0) is 29.3 Å². The monoisotopic (exact) mass is 297 g/mol. The molecule has 0 bridgehead atoms. The lowest BCUT2D eigenvalue weighted by atomic mass is 10.0. The van der Waals surface area contributed by atoms with Crippen LogP contribution in [0, 0.1) is 0 Å². The number of carboxylic acid groups (broad SMARTS) is 1. The fourth-order valence-corrected chi connectivity index (χ4v) is 2.83. The molecule has 0 unspecified atom stereocenters. The summed E-state index contributed by atoms with van der Waals surface area (Å²) in [7, 11) is 0. The first-order chi connectivity index (χ1) is 10.6. The number of carboxylic acids is 1. The van der Waals surface area contributed by atoms with E-state index in [1.54, 1.807) is 29.2 Å². The molecular weight excluding hydrogens is 282 g/mol. The zero-order valence-electron chi connectivity index (χ0n) is 11.8. The van der Waals surface area contributed by atoms with E-state index in [2.05, 4.69) is 0 Å². The number of aliphatic carboxylic acids is 1. The van der Waals surface area contributed by atoms with Crippen molar-refractivity contribution in [3.05, 3.63) is 65.2 Å². The summed E-state index contributed by atoms with van der Waals surface area (Å²) in [4.78, 5) is 25.3. The van der Waals surface area contributed by atoms with E-state index >= 15 is 0 Å². The molecule has 5 heteroatoms. The molecule has 112 valence electrons. The second kappa shape index (κ2) is 5.52. The lowest BCUT2D eigenvalue weighted by Gasteiger charge is -2.27. The van der Waals surface area contributed by atoms with Gasteiger partial charge in [0.2, 0.25) is 0 Å². The number of fused-ring (bicyclic) bond motifs is 1. The fraction of sp³-hybridized carbons (Fsp3) is 0.176. The van der Waals surface area contributed by atoms with Gasteiger partial charge in [-0.1, -0.05) is 30.3 Å². The minimum Gasteiger partial charge on any atom is -0.508 e. The van der Waals surface area contributed by atoms with Crippen LogP contribution in [-0.4, -0.2) is 27.0 Å². The number of carbonyl (C=O) groups excluding carboxylic acids is 1. The first-order valence-corrected chi connectivity index (χ1v) is 6.96. The minimum absolute atomic E-state index is 0.0528.